The first-order valence-electron chi connectivity index (χ1n) is 2.47. The summed E-state index contributed by atoms with van der Waals surface area (Å²) in [6.45, 7) is 1.14. The molecule has 0 amide bonds. The van der Waals surface area contributed by atoms with Gasteiger partial charge in [0.15, 0.2) is 0 Å². The number of rotatable bonds is 2. The summed E-state index contributed by atoms with van der Waals surface area (Å²) >= 11 is 4.10. The average Bonchev–Trinajstić information content (AvgIpc) is 1.30. The van der Waals surface area contributed by atoms with Crippen LogP contribution in [0.15, 0.2) is 0 Å². The maximum atomic E-state index is 4.10. The smallest absolute Gasteiger partial charge is 0.0869 e. The lowest BCUT2D eigenvalue weighted by atomic mass is 10.6. The van der Waals surface area contributed by atoms with Crippen molar-refractivity contribution in [1.29, 1.82) is 0 Å². The van der Waals surface area contributed by atoms with Crippen LogP contribution in [0.5, 0.6) is 0 Å². The molecule has 0 aromatic rings. The van der Waals surface area contributed by atoms with Crippen molar-refractivity contribution in [3.8, 4) is 0 Å². The summed E-state index contributed by atoms with van der Waals surface area (Å²) in [6.07, 6.45) is 0. The molecule has 0 heterocycles. The molecular formula is C5H18I2N2S. The molecule has 0 aliphatic rings. The first kappa shape index (κ1) is 22.6. The molecule has 5 heteroatoms. The molecule has 68 valence electrons. The monoisotopic (exact) mass is 392 g/mol. The van der Waals surface area contributed by atoms with Crippen LogP contribution >= 0.6 is 36.6 Å². The van der Waals surface area contributed by atoms with Gasteiger partial charge in [0.25, 0.3) is 0 Å². The lowest BCUT2D eigenvalue weighted by Crippen LogP contribution is -3.00. The predicted molar refractivity (Wildman–Crippen MR) is 57.2 cm³/mol. The molecule has 0 saturated heterocycles. The van der Waals surface area contributed by atoms with Crippen LogP contribution in [-0.2, 0) is 0 Å². The lowest BCUT2D eigenvalue weighted by molar-refractivity contribution is -0.867. The van der Waals surface area contributed by atoms with Gasteiger partial charge in [0.05, 0.1) is 27.7 Å². The average molecular weight is 392 g/mol. The molecule has 0 aliphatic heterocycles. The second-order valence-corrected chi connectivity index (χ2v) is 3.18. The van der Waals surface area contributed by atoms with Crippen LogP contribution in [0.2, 0.25) is 0 Å². The predicted octanol–water partition coefficient (Wildman–Crippen LogP) is -1.59. The number of nitrogens with zero attached hydrogens (tertiary/aromatic N) is 1. The van der Waals surface area contributed by atoms with Gasteiger partial charge in [-0.05, 0) is 0 Å². The Kier molecular flexibility index (Phi) is 24.3. The van der Waals surface area contributed by atoms with E-state index in [-0.39, 0.29) is 54.1 Å². The van der Waals surface area contributed by atoms with Crippen LogP contribution in [-0.4, -0.2) is 37.9 Å². The molecule has 0 radical (unpaired) electrons. The molecule has 2 nitrogen and oxygen atoms in total. The standard InChI is InChI=1S/C5H13NS.2HI.H3N/c1-6(2,3)4-5-7;;;/h4-5H2,1-3H3;2*1H;1H3. The van der Waals surface area contributed by atoms with Gasteiger partial charge >= 0.3 is 0 Å². The van der Waals surface area contributed by atoms with Crippen molar-refractivity contribution in [3.05, 3.63) is 0 Å². The van der Waals surface area contributed by atoms with E-state index in [4.69, 9.17) is 0 Å². The molecule has 0 bridgehead atoms. The molecule has 0 aromatic heterocycles. The van der Waals surface area contributed by atoms with E-state index in [9.17, 15) is 0 Å². The minimum Gasteiger partial charge on any atom is -1.00 e. The molecule has 0 rings (SSSR count). The topological polar surface area (TPSA) is 35.0 Å². The minimum atomic E-state index is 0. The van der Waals surface area contributed by atoms with E-state index in [1.807, 2.05) is 0 Å². The molecule has 0 aliphatic carbocycles. The Labute approximate surface area is 104 Å². The quantitative estimate of drug-likeness (QED) is 0.332. The van der Waals surface area contributed by atoms with Crippen LogP contribution in [0, 0.1) is 0 Å². The molecule has 0 fully saturated rings. The second-order valence-electron chi connectivity index (χ2n) is 2.74. The number of hydrogen-bond acceptors (Lipinski definition) is 2. The summed E-state index contributed by atoms with van der Waals surface area (Å²) in [5, 5.41) is 0. The second kappa shape index (κ2) is 10.7. The molecular weight excluding hydrogens is 374 g/mol. The van der Waals surface area contributed by atoms with Crippen LogP contribution in [0.1, 0.15) is 0 Å². The fourth-order valence-electron chi connectivity index (χ4n) is 0.300. The molecule has 0 unspecified atom stereocenters. The summed E-state index contributed by atoms with van der Waals surface area (Å²) in [5.74, 6) is 0.976. The van der Waals surface area contributed by atoms with Gasteiger partial charge in [0.1, 0.15) is 0 Å². The van der Waals surface area contributed by atoms with Gasteiger partial charge in [-0.2, -0.15) is 12.6 Å². The number of hydrogen-bond donors (Lipinski definition) is 2. The van der Waals surface area contributed by atoms with Crippen molar-refractivity contribution in [2.24, 2.45) is 0 Å². The van der Waals surface area contributed by atoms with Gasteiger partial charge in [-0.25, -0.2) is 0 Å². The van der Waals surface area contributed by atoms with E-state index in [1.165, 1.54) is 0 Å². The molecule has 0 atom stereocenters. The summed E-state index contributed by atoms with van der Waals surface area (Å²) < 4.78 is 1.02. The summed E-state index contributed by atoms with van der Waals surface area (Å²) in [7, 11) is 6.49. The molecule has 0 saturated carbocycles. The summed E-state index contributed by atoms with van der Waals surface area (Å²) in [6, 6.07) is 0. The minimum absolute atomic E-state index is 0. The van der Waals surface area contributed by atoms with Crippen LogP contribution < -0.4 is 30.1 Å². The number of quaternary nitrogens is 1. The fraction of sp³-hybridized carbons (Fsp3) is 1.00. The van der Waals surface area contributed by atoms with Crippen LogP contribution in [0.4, 0.5) is 0 Å². The Morgan fingerprint density at radius 2 is 1.50 bits per heavy atom. The largest absolute Gasteiger partial charge is 1.00 e. The van der Waals surface area contributed by atoms with Crippen molar-refractivity contribution < 1.29 is 28.5 Å². The maximum absolute atomic E-state index is 4.10. The molecule has 0 aromatic carbocycles. The van der Waals surface area contributed by atoms with Crippen LogP contribution in [0.25, 0.3) is 0 Å². The first-order valence-corrected chi connectivity index (χ1v) is 3.11. The molecule has 0 spiro atoms. The van der Waals surface area contributed by atoms with E-state index in [0.717, 1.165) is 16.8 Å². The van der Waals surface area contributed by atoms with Gasteiger partial charge in [0.2, 0.25) is 0 Å². The van der Waals surface area contributed by atoms with Gasteiger partial charge in [-0.15, -0.1) is 24.0 Å². The number of thiol groups is 1. The third-order valence-corrected chi connectivity index (χ3v) is 0.971. The van der Waals surface area contributed by atoms with E-state index < -0.39 is 0 Å². The highest BCUT2D eigenvalue weighted by atomic mass is 127. The Morgan fingerprint density at radius 1 is 1.20 bits per heavy atom. The SMILES string of the molecule is C[N+](C)(C)CCS.I.N.[I-]. The highest BCUT2D eigenvalue weighted by Gasteiger charge is 2.01. The van der Waals surface area contributed by atoms with Crippen molar-refractivity contribution >= 4 is 36.6 Å². The van der Waals surface area contributed by atoms with E-state index in [0.29, 0.717) is 0 Å². The van der Waals surface area contributed by atoms with Gasteiger partial charge < -0.3 is 34.6 Å². The van der Waals surface area contributed by atoms with Crippen LogP contribution in [0.3, 0.4) is 0 Å². The summed E-state index contributed by atoms with van der Waals surface area (Å²) in [5.41, 5.74) is 0. The third kappa shape index (κ3) is 22.6. The Morgan fingerprint density at radius 3 is 1.50 bits per heavy atom. The fourth-order valence-corrected chi connectivity index (χ4v) is 0.900. The Balaban J connectivity index is -0.0000000600. The van der Waals surface area contributed by atoms with E-state index >= 15 is 0 Å². The van der Waals surface area contributed by atoms with Crippen molar-refractivity contribution in [3.63, 3.8) is 0 Å². The van der Waals surface area contributed by atoms with Crippen molar-refractivity contribution in [1.82, 2.24) is 6.15 Å². The zero-order valence-corrected chi connectivity index (χ0v) is 12.2. The van der Waals surface area contributed by atoms with Gasteiger partial charge in [0, 0.05) is 5.75 Å². The highest BCUT2D eigenvalue weighted by Crippen LogP contribution is 1.88. The first-order chi connectivity index (χ1) is 3.06. The van der Waals surface area contributed by atoms with E-state index in [2.05, 4.69) is 33.8 Å². The normalized spacial score (nSPS) is 8.40. The number of halogens is 2. The molecule has 10 heavy (non-hydrogen) atoms. The zero-order chi connectivity index (χ0) is 5.91. The summed E-state index contributed by atoms with van der Waals surface area (Å²) in [4.78, 5) is 0. The zero-order valence-electron chi connectivity index (χ0n) is 6.80. The van der Waals surface area contributed by atoms with Crippen molar-refractivity contribution in [2.75, 3.05) is 33.4 Å². The lowest BCUT2D eigenvalue weighted by Gasteiger charge is -2.22. The van der Waals surface area contributed by atoms with E-state index in [1.54, 1.807) is 0 Å². The maximum Gasteiger partial charge on any atom is 0.0869 e. The van der Waals surface area contributed by atoms with Gasteiger partial charge in [-0.3, -0.25) is 0 Å². The third-order valence-electron chi connectivity index (χ3n) is 0.771. The van der Waals surface area contributed by atoms with Crippen molar-refractivity contribution in [2.45, 2.75) is 0 Å². The van der Waals surface area contributed by atoms with Gasteiger partial charge in [-0.1, -0.05) is 0 Å². The Hall–Kier alpha value is 1.73. The molecule has 3 N–H and O–H groups in total. The highest BCUT2D eigenvalue weighted by molar-refractivity contribution is 14.0. The Bertz CT molecular complexity index is 56.1.